The number of nitrogens with zero attached hydrogens (tertiary/aromatic N) is 2. The summed E-state index contributed by atoms with van der Waals surface area (Å²) < 4.78 is 33.1. The number of aryl methyl sites for hydroxylation is 1. The molecule has 1 fully saturated rings. The molecular formula is C26H37N3O4S. The van der Waals surface area contributed by atoms with Crippen LogP contribution in [0.5, 0.6) is 5.75 Å². The lowest BCUT2D eigenvalue weighted by Crippen LogP contribution is -2.35. The number of amides is 1. The number of carbonyl (C=O) groups excluding carboxylic acids is 1. The number of carbonyl (C=O) groups is 1. The van der Waals surface area contributed by atoms with Crippen molar-refractivity contribution in [3.8, 4) is 5.75 Å². The van der Waals surface area contributed by atoms with Crippen molar-refractivity contribution in [1.82, 2.24) is 9.62 Å². The topological polar surface area (TPSA) is 79.0 Å². The fourth-order valence-electron chi connectivity index (χ4n) is 4.32. The van der Waals surface area contributed by atoms with Gasteiger partial charge in [-0.2, -0.15) is 4.31 Å². The van der Waals surface area contributed by atoms with E-state index in [1.165, 1.54) is 5.69 Å². The molecule has 34 heavy (non-hydrogen) atoms. The number of nitrogens with one attached hydrogen (secondary N) is 1. The summed E-state index contributed by atoms with van der Waals surface area (Å²) in [4.78, 5) is 15.0. The first-order valence-corrected chi connectivity index (χ1v) is 13.6. The van der Waals surface area contributed by atoms with E-state index in [0.717, 1.165) is 43.5 Å². The molecule has 0 aromatic heterocycles. The van der Waals surface area contributed by atoms with Crippen LogP contribution in [0.1, 0.15) is 50.7 Å². The summed E-state index contributed by atoms with van der Waals surface area (Å²) in [6, 6.07) is 13.1. The van der Waals surface area contributed by atoms with Gasteiger partial charge in [0.05, 0.1) is 12.0 Å². The van der Waals surface area contributed by atoms with Crippen molar-refractivity contribution in [2.24, 2.45) is 0 Å². The van der Waals surface area contributed by atoms with Gasteiger partial charge in [-0.3, -0.25) is 4.79 Å². The molecule has 7 nitrogen and oxygen atoms in total. The van der Waals surface area contributed by atoms with Crippen LogP contribution in [-0.4, -0.2) is 51.9 Å². The fraction of sp³-hybridized carbons (Fsp3) is 0.500. The number of methoxy groups -OCH3 is 1. The van der Waals surface area contributed by atoms with E-state index in [1.807, 2.05) is 12.1 Å². The standard InChI is InChI=1S/C26H37N3O4S/c1-4-28(5-2)23-12-9-21(10-13-23)20-27-26(30)16-11-22-19-24(14-15-25(22)33-3)34(31,32)29-17-7-6-8-18-29/h9-10,12-15,19H,4-8,11,16-18,20H2,1-3H3,(H,27,30). The molecule has 186 valence electrons. The molecule has 8 heteroatoms. The maximum atomic E-state index is 13.0. The van der Waals surface area contributed by atoms with E-state index in [2.05, 4.69) is 36.2 Å². The summed E-state index contributed by atoms with van der Waals surface area (Å²) in [5.74, 6) is 0.511. The van der Waals surface area contributed by atoms with Crippen molar-refractivity contribution >= 4 is 21.6 Å². The summed E-state index contributed by atoms with van der Waals surface area (Å²) in [5.41, 5.74) is 2.93. The number of piperidine rings is 1. The maximum absolute atomic E-state index is 13.0. The zero-order valence-electron chi connectivity index (χ0n) is 20.5. The largest absolute Gasteiger partial charge is 0.496 e. The Bertz CT molecular complexity index is 1040. The van der Waals surface area contributed by atoms with Gasteiger partial charge in [0.2, 0.25) is 15.9 Å². The minimum absolute atomic E-state index is 0.0841. The van der Waals surface area contributed by atoms with Gasteiger partial charge in [-0.1, -0.05) is 18.6 Å². The van der Waals surface area contributed by atoms with Gasteiger partial charge in [-0.15, -0.1) is 0 Å². The molecule has 1 N–H and O–H groups in total. The van der Waals surface area contributed by atoms with Crippen LogP contribution >= 0.6 is 0 Å². The Balaban J connectivity index is 1.59. The summed E-state index contributed by atoms with van der Waals surface area (Å²) in [6.07, 6.45) is 3.50. The molecule has 0 unspecified atom stereocenters. The van der Waals surface area contributed by atoms with Crippen molar-refractivity contribution < 1.29 is 17.9 Å². The van der Waals surface area contributed by atoms with Crippen LogP contribution in [-0.2, 0) is 27.8 Å². The molecule has 0 spiro atoms. The number of anilines is 1. The third-order valence-electron chi connectivity index (χ3n) is 6.38. The lowest BCUT2D eigenvalue weighted by atomic mass is 10.1. The third kappa shape index (κ3) is 6.51. The van der Waals surface area contributed by atoms with Gasteiger partial charge in [0, 0.05) is 44.8 Å². The maximum Gasteiger partial charge on any atom is 0.243 e. The molecule has 3 rings (SSSR count). The summed E-state index contributed by atoms with van der Waals surface area (Å²) >= 11 is 0. The van der Waals surface area contributed by atoms with E-state index < -0.39 is 10.0 Å². The van der Waals surface area contributed by atoms with Crippen molar-refractivity contribution in [2.45, 2.75) is 57.4 Å². The molecule has 2 aromatic carbocycles. The number of benzene rings is 2. The summed E-state index contributed by atoms with van der Waals surface area (Å²) in [7, 11) is -1.98. The Hall–Kier alpha value is -2.58. The Morgan fingerprint density at radius 1 is 1.03 bits per heavy atom. The van der Waals surface area contributed by atoms with Crippen molar-refractivity contribution in [1.29, 1.82) is 0 Å². The molecule has 1 saturated heterocycles. The SMILES string of the molecule is CCN(CC)c1ccc(CNC(=O)CCc2cc(S(=O)(=O)N3CCCCC3)ccc2OC)cc1. The monoisotopic (exact) mass is 487 g/mol. The average molecular weight is 488 g/mol. The molecule has 1 aliphatic rings. The number of rotatable bonds is 11. The first kappa shape index (κ1) is 26.0. The van der Waals surface area contributed by atoms with Crippen LogP contribution in [0.15, 0.2) is 47.4 Å². The minimum Gasteiger partial charge on any atom is -0.496 e. The van der Waals surface area contributed by atoms with E-state index >= 15 is 0 Å². The molecule has 0 bridgehead atoms. The highest BCUT2D eigenvalue weighted by molar-refractivity contribution is 7.89. The molecule has 1 aliphatic heterocycles. The highest BCUT2D eigenvalue weighted by atomic mass is 32.2. The zero-order valence-corrected chi connectivity index (χ0v) is 21.4. The van der Waals surface area contributed by atoms with Crippen molar-refractivity contribution in [2.75, 3.05) is 38.2 Å². The molecule has 0 radical (unpaired) electrons. The van der Waals surface area contributed by atoms with Crippen molar-refractivity contribution in [3.05, 3.63) is 53.6 Å². The summed E-state index contributed by atoms with van der Waals surface area (Å²) in [6.45, 7) is 7.74. The second-order valence-electron chi connectivity index (χ2n) is 8.55. The first-order valence-electron chi connectivity index (χ1n) is 12.2. The molecule has 0 saturated carbocycles. The van der Waals surface area contributed by atoms with E-state index in [-0.39, 0.29) is 17.2 Å². The predicted molar refractivity (Wildman–Crippen MR) is 136 cm³/mol. The minimum atomic E-state index is -3.53. The van der Waals surface area contributed by atoms with E-state index in [4.69, 9.17) is 4.74 Å². The van der Waals surface area contributed by atoms with Crippen LogP contribution in [0.25, 0.3) is 0 Å². The predicted octanol–water partition coefficient (Wildman–Crippen LogP) is 3.97. The Kier molecular flexibility index (Phi) is 9.36. The van der Waals surface area contributed by atoms with Gasteiger partial charge in [-0.05, 0) is 74.6 Å². The molecule has 2 aromatic rings. The fourth-order valence-corrected chi connectivity index (χ4v) is 5.88. The number of ether oxygens (including phenoxy) is 1. The Labute approximate surface area is 204 Å². The first-order chi connectivity index (χ1) is 16.4. The normalized spacial score (nSPS) is 14.6. The van der Waals surface area contributed by atoms with Gasteiger partial charge >= 0.3 is 0 Å². The van der Waals surface area contributed by atoms with Crippen molar-refractivity contribution in [3.63, 3.8) is 0 Å². The average Bonchev–Trinajstić information content (AvgIpc) is 2.88. The lowest BCUT2D eigenvalue weighted by Gasteiger charge is -2.26. The molecular weight excluding hydrogens is 450 g/mol. The van der Waals surface area contributed by atoms with Crippen LogP contribution in [0.3, 0.4) is 0 Å². The Morgan fingerprint density at radius 3 is 2.32 bits per heavy atom. The second kappa shape index (κ2) is 12.2. The molecule has 0 aliphatic carbocycles. The zero-order chi connectivity index (χ0) is 24.6. The molecule has 1 amide bonds. The van der Waals surface area contributed by atoms with Crippen LogP contribution in [0.2, 0.25) is 0 Å². The third-order valence-corrected chi connectivity index (χ3v) is 8.28. The lowest BCUT2D eigenvalue weighted by molar-refractivity contribution is -0.121. The molecule has 1 heterocycles. The number of hydrogen-bond donors (Lipinski definition) is 1. The number of hydrogen-bond acceptors (Lipinski definition) is 5. The van der Waals surface area contributed by atoms with Gasteiger partial charge in [0.1, 0.15) is 5.75 Å². The highest BCUT2D eigenvalue weighted by Gasteiger charge is 2.26. The van der Waals surface area contributed by atoms with Crippen LogP contribution in [0.4, 0.5) is 5.69 Å². The molecule has 0 atom stereocenters. The van der Waals surface area contributed by atoms with E-state index in [0.29, 0.717) is 31.8 Å². The van der Waals surface area contributed by atoms with Gasteiger partial charge in [-0.25, -0.2) is 8.42 Å². The van der Waals surface area contributed by atoms with Crippen LogP contribution in [0, 0.1) is 0 Å². The van der Waals surface area contributed by atoms with E-state index in [9.17, 15) is 13.2 Å². The quantitative estimate of drug-likeness (QED) is 0.519. The summed E-state index contributed by atoms with van der Waals surface area (Å²) in [5, 5.41) is 2.96. The number of sulfonamides is 1. The van der Waals surface area contributed by atoms with Gasteiger partial charge in [0.15, 0.2) is 0 Å². The van der Waals surface area contributed by atoms with Gasteiger partial charge < -0.3 is 15.0 Å². The Morgan fingerprint density at radius 2 is 1.71 bits per heavy atom. The van der Waals surface area contributed by atoms with E-state index in [1.54, 1.807) is 29.6 Å². The second-order valence-corrected chi connectivity index (χ2v) is 10.5. The smallest absolute Gasteiger partial charge is 0.243 e. The van der Waals surface area contributed by atoms with Gasteiger partial charge in [0.25, 0.3) is 0 Å². The highest BCUT2D eigenvalue weighted by Crippen LogP contribution is 2.27. The van der Waals surface area contributed by atoms with Crippen LogP contribution < -0.4 is 15.0 Å².